The van der Waals surface area contributed by atoms with Crippen molar-refractivity contribution in [1.82, 2.24) is 25.0 Å². The number of nitrogen functional groups attached to an aromatic ring is 1. The Bertz CT molecular complexity index is 1050. The number of nitrogens with zero attached hydrogens (tertiary/aromatic N) is 4. The number of rotatable bonds is 3. The average molecular weight is 334 g/mol. The summed E-state index contributed by atoms with van der Waals surface area (Å²) in [5, 5.41) is 13.5. The second-order valence-corrected chi connectivity index (χ2v) is 6.42. The largest absolute Gasteiger partial charge is 0.383 e. The van der Waals surface area contributed by atoms with E-state index in [1.54, 1.807) is 12.4 Å². The van der Waals surface area contributed by atoms with E-state index in [0.717, 1.165) is 59.1 Å². The second-order valence-electron chi connectivity index (χ2n) is 6.42. The molecular formula is C18H18N6O. The van der Waals surface area contributed by atoms with E-state index < -0.39 is 0 Å². The van der Waals surface area contributed by atoms with Crippen molar-refractivity contribution in [3.8, 4) is 11.3 Å². The lowest BCUT2D eigenvalue weighted by molar-refractivity contribution is 0.0951. The monoisotopic (exact) mass is 334 g/mol. The Morgan fingerprint density at radius 2 is 2.24 bits per heavy atom. The highest BCUT2D eigenvalue weighted by Gasteiger charge is 2.19. The minimum absolute atomic E-state index is 0.219. The lowest BCUT2D eigenvalue weighted by Gasteiger charge is -2.12. The highest BCUT2D eigenvalue weighted by molar-refractivity contribution is 6.08. The number of nitrogens with two attached hydrogens (primary N) is 1. The van der Waals surface area contributed by atoms with Crippen molar-refractivity contribution in [2.24, 2.45) is 0 Å². The first-order chi connectivity index (χ1) is 12.3. The van der Waals surface area contributed by atoms with Crippen LogP contribution in [0.5, 0.6) is 0 Å². The topological polar surface area (TPSA) is 94.6 Å². The summed E-state index contributed by atoms with van der Waals surface area (Å²) in [7, 11) is 0. The normalized spacial score (nSPS) is 17.7. The van der Waals surface area contributed by atoms with Gasteiger partial charge in [-0.05, 0) is 31.0 Å². The summed E-state index contributed by atoms with van der Waals surface area (Å²) < 4.78 is 7.77. The Labute approximate surface area is 143 Å². The number of H-pyrrole nitrogens is 1. The number of anilines is 1. The fraction of sp³-hybridized carbons (Fsp3) is 0.278. The molecule has 1 saturated heterocycles. The molecule has 0 saturated carbocycles. The van der Waals surface area contributed by atoms with E-state index >= 15 is 0 Å². The van der Waals surface area contributed by atoms with Crippen LogP contribution in [0, 0.1) is 0 Å². The molecule has 0 radical (unpaired) electrons. The van der Waals surface area contributed by atoms with Crippen LogP contribution in [0.4, 0.5) is 5.82 Å². The molecule has 5 rings (SSSR count). The molecule has 1 aliphatic heterocycles. The van der Waals surface area contributed by atoms with Gasteiger partial charge in [0.15, 0.2) is 0 Å². The van der Waals surface area contributed by atoms with Gasteiger partial charge in [-0.25, -0.2) is 4.98 Å². The third-order valence-electron chi connectivity index (χ3n) is 4.82. The molecular weight excluding hydrogens is 316 g/mol. The maximum atomic E-state index is 6.20. The molecule has 3 aromatic heterocycles. The van der Waals surface area contributed by atoms with E-state index in [9.17, 15) is 0 Å². The zero-order valence-corrected chi connectivity index (χ0v) is 13.6. The number of aromatic amines is 1. The number of benzene rings is 1. The maximum Gasteiger partial charge on any atom is 0.135 e. The molecule has 126 valence electrons. The molecule has 7 heteroatoms. The zero-order valence-electron chi connectivity index (χ0n) is 13.6. The van der Waals surface area contributed by atoms with Gasteiger partial charge in [0.25, 0.3) is 0 Å². The fourth-order valence-electron chi connectivity index (χ4n) is 3.58. The third-order valence-corrected chi connectivity index (χ3v) is 4.82. The molecule has 0 spiro atoms. The molecule has 7 nitrogen and oxygen atoms in total. The van der Waals surface area contributed by atoms with E-state index in [2.05, 4.69) is 32.4 Å². The van der Waals surface area contributed by atoms with Gasteiger partial charge < -0.3 is 10.5 Å². The average Bonchev–Trinajstić information content (AvgIpc) is 3.37. The number of hydrogen-bond donors (Lipinski definition) is 2. The first kappa shape index (κ1) is 14.4. The number of aromatic nitrogens is 5. The van der Waals surface area contributed by atoms with Gasteiger partial charge in [-0.15, -0.1) is 0 Å². The Kier molecular flexibility index (Phi) is 3.21. The molecule has 0 amide bonds. The Morgan fingerprint density at radius 3 is 3.04 bits per heavy atom. The van der Waals surface area contributed by atoms with Gasteiger partial charge in [0.1, 0.15) is 5.82 Å². The molecule has 4 heterocycles. The number of fused-ring (bicyclic) bond motifs is 3. The van der Waals surface area contributed by atoms with Crippen LogP contribution in [0.1, 0.15) is 12.8 Å². The molecule has 1 fully saturated rings. The standard InChI is InChI=1S/C18H18N6O/c19-18-14-9-21-24(10-12-2-1-7-25-12)17(14)13-4-3-11(8-16(13)22-18)15-5-6-20-23-15/h3-6,8-9,12H,1-2,7,10H2,(H2,19,22)(H,20,23). The first-order valence-electron chi connectivity index (χ1n) is 8.46. The van der Waals surface area contributed by atoms with Crippen LogP contribution in [0.2, 0.25) is 0 Å². The van der Waals surface area contributed by atoms with Gasteiger partial charge in [0, 0.05) is 23.8 Å². The van der Waals surface area contributed by atoms with Gasteiger partial charge in [-0.1, -0.05) is 6.07 Å². The van der Waals surface area contributed by atoms with E-state index in [4.69, 9.17) is 10.5 Å². The minimum atomic E-state index is 0.219. The van der Waals surface area contributed by atoms with E-state index in [1.807, 2.05) is 16.8 Å². The Balaban J connectivity index is 1.68. The molecule has 1 atom stereocenters. The number of hydrogen-bond acceptors (Lipinski definition) is 5. The number of pyridine rings is 1. The zero-order chi connectivity index (χ0) is 16.8. The van der Waals surface area contributed by atoms with Crippen LogP contribution in [0.15, 0.2) is 36.7 Å². The second kappa shape index (κ2) is 5.56. The minimum Gasteiger partial charge on any atom is -0.383 e. The predicted molar refractivity (Wildman–Crippen MR) is 96.0 cm³/mol. The highest BCUT2D eigenvalue weighted by Crippen LogP contribution is 2.31. The summed E-state index contributed by atoms with van der Waals surface area (Å²) in [5.41, 5.74) is 10.1. The lowest BCUT2D eigenvalue weighted by atomic mass is 10.1. The summed E-state index contributed by atoms with van der Waals surface area (Å²) >= 11 is 0. The lowest BCUT2D eigenvalue weighted by Crippen LogP contribution is -2.15. The predicted octanol–water partition coefficient (Wildman–Crippen LogP) is 2.74. The molecule has 4 aromatic rings. The van der Waals surface area contributed by atoms with E-state index in [1.165, 1.54) is 0 Å². The van der Waals surface area contributed by atoms with E-state index in [0.29, 0.717) is 5.82 Å². The quantitative estimate of drug-likeness (QED) is 0.601. The number of nitrogens with one attached hydrogen (secondary N) is 1. The third kappa shape index (κ3) is 2.35. The van der Waals surface area contributed by atoms with Crippen molar-refractivity contribution in [3.63, 3.8) is 0 Å². The van der Waals surface area contributed by atoms with Crippen LogP contribution in [0.25, 0.3) is 33.1 Å². The van der Waals surface area contributed by atoms with Crippen molar-refractivity contribution in [2.45, 2.75) is 25.5 Å². The van der Waals surface area contributed by atoms with Crippen LogP contribution < -0.4 is 5.73 Å². The van der Waals surface area contributed by atoms with Crippen molar-refractivity contribution in [2.75, 3.05) is 12.3 Å². The summed E-state index contributed by atoms with van der Waals surface area (Å²) in [5.74, 6) is 0.503. The van der Waals surface area contributed by atoms with Crippen LogP contribution in [-0.4, -0.2) is 37.7 Å². The molecule has 1 aromatic carbocycles. The fourth-order valence-corrected chi connectivity index (χ4v) is 3.58. The van der Waals surface area contributed by atoms with Crippen molar-refractivity contribution in [3.05, 3.63) is 36.7 Å². The van der Waals surface area contributed by atoms with Crippen LogP contribution in [0.3, 0.4) is 0 Å². The van der Waals surface area contributed by atoms with Gasteiger partial charge >= 0.3 is 0 Å². The molecule has 3 N–H and O–H groups in total. The number of ether oxygens (including phenoxy) is 1. The maximum absolute atomic E-state index is 6.20. The van der Waals surface area contributed by atoms with Gasteiger partial charge in [0.2, 0.25) is 0 Å². The molecule has 1 unspecified atom stereocenters. The van der Waals surface area contributed by atoms with Gasteiger partial charge in [-0.3, -0.25) is 9.78 Å². The van der Waals surface area contributed by atoms with Gasteiger partial charge in [-0.2, -0.15) is 10.2 Å². The van der Waals surface area contributed by atoms with Gasteiger partial charge in [0.05, 0.1) is 41.0 Å². The van der Waals surface area contributed by atoms with Crippen molar-refractivity contribution < 1.29 is 4.74 Å². The molecule has 0 bridgehead atoms. The summed E-state index contributed by atoms with van der Waals surface area (Å²) in [4.78, 5) is 4.58. The van der Waals surface area contributed by atoms with Crippen LogP contribution in [-0.2, 0) is 11.3 Å². The Morgan fingerprint density at radius 1 is 1.28 bits per heavy atom. The molecule has 0 aliphatic carbocycles. The SMILES string of the molecule is Nc1nc2cc(-c3ccn[nH]3)ccc2c2c1cnn2CC1CCCO1. The molecule has 25 heavy (non-hydrogen) atoms. The summed E-state index contributed by atoms with van der Waals surface area (Å²) in [6.45, 7) is 1.58. The summed E-state index contributed by atoms with van der Waals surface area (Å²) in [6, 6.07) is 8.11. The Hall–Kier alpha value is -2.93. The molecule has 1 aliphatic rings. The van der Waals surface area contributed by atoms with Crippen molar-refractivity contribution in [1.29, 1.82) is 0 Å². The van der Waals surface area contributed by atoms with Crippen LogP contribution >= 0.6 is 0 Å². The first-order valence-corrected chi connectivity index (χ1v) is 8.46. The van der Waals surface area contributed by atoms with E-state index in [-0.39, 0.29) is 6.10 Å². The van der Waals surface area contributed by atoms with Crippen molar-refractivity contribution >= 4 is 27.6 Å². The summed E-state index contributed by atoms with van der Waals surface area (Å²) in [6.07, 6.45) is 5.94. The smallest absolute Gasteiger partial charge is 0.135 e. The highest BCUT2D eigenvalue weighted by atomic mass is 16.5.